The lowest BCUT2D eigenvalue weighted by molar-refractivity contribution is -0.142. The first-order valence-corrected chi connectivity index (χ1v) is 6.94. The molecule has 0 aliphatic heterocycles. The molecule has 0 radical (unpaired) electrons. The van der Waals surface area contributed by atoms with E-state index < -0.39 is 11.5 Å². The average molecular weight is 285 g/mol. The number of nitrogens with one attached hydrogen (secondary N) is 1. The Hall–Kier alpha value is -2.43. The fraction of sp³-hybridized carbons (Fsp3) is 0.312. The van der Waals surface area contributed by atoms with Gasteiger partial charge in [-0.2, -0.15) is 0 Å². The Balaban J connectivity index is 2.33. The number of hydrogen-bond acceptors (Lipinski definition) is 4. The van der Waals surface area contributed by atoms with Crippen LogP contribution in [-0.2, 0) is 16.8 Å². The molecule has 2 aromatic rings. The first kappa shape index (κ1) is 15.0. The van der Waals surface area contributed by atoms with E-state index in [0.717, 1.165) is 18.5 Å². The van der Waals surface area contributed by atoms with Gasteiger partial charge in [-0.3, -0.25) is 0 Å². The summed E-state index contributed by atoms with van der Waals surface area (Å²) in [6.45, 7) is 3.70. The van der Waals surface area contributed by atoms with Crippen LogP contribution in [0, 0.1) is 0 Å². The minimum absolute atomic E-state index is 0.516. The molecule has 0 saturated heterocycles. The molecule has 1 unspecified atom stereocenters. The lowest BCUT2D eigenvalue weighted by atomic mass is 9.92. The number of aromatic nitrogens is 2. The van der Waals surface area contributed by atoms with E-state index >= 15 is 0 Å². The molecule has 0 spiro atoms. The van der Waals surface area contributed by atoms with Crippen molar-refractivity contribution in [1.29, 1.82) is 0 Å². The van der Waals surface area contributed by atoms with Crippen LogP contribution in [0.3, 0.4) is 0 Å². The van der Waals surface area contributed by atoms with Crippen LogP contribution in [0.2, 0.25) is 0 Å². The predicted octanol–water partition coefficient (Wildman–Crippen LogP) is 2.84. The summed E-state index contributed by atoms with van der Waals surface area (Å²) in [5, 5.41) is 12.6. The highest BCUT2D eigenvalue weighted by molar-refractivity contribution is 5.83. The van der Waals surface area contributed by atoms with Gasteiger partial charge >= 0.3 is 5.97 Å². The minimum Gasteiger partial charge on any atom is -0.479 e. The van der Waals surface area contributed by atoms with E-state index in [1.54, 1.807) is 25.1 Å². The molecule has 1 heterocycles. The molecule has 0 aliphatic carbocycles. The lowest BCUT2D eigenvalue weighted by Gasteiger charge is -2.27. The fourth-order valence-corrected chi connectivity index (χ4v) is 2.14. The summed E-state index contributed by atoms with van der Waals surface area (Å²) in [5.74, 6) is -0.438. The van der Waals surface area contributed by atoms with Crippen LogP contribution in [-0.4, -0.2) is 21.0 Å². The van der Waals surface area contributed by atoms with E-state index in [2.05, 4.69) is 22.2 Å². The number of aliphatic carboxylic acids is 1. The summed E-state index contributed by atoms with van der Waals surface area (Å²) >= 11 is 0. The summed E-state index contributed by atoms with van der Waals surface area (Å²) in [4.78, 5) is 20.0. The van der Waals surface area contributed by atoms with Crippen molar-refractivity contribution in [2.45, 2.75) is 32.2 Å². The summed E-state index contributed by atoms with van der Waals surface area (Å²) in [6, 6.07) is 10.9. The Morgan fingerprint density at radius 1 is 1.29 bits per heavy atom. The maximum absolute atomic E-state index is 11.7. The van der Waals surface area contributed by atoms with E-state index in [1.807, 2.05) is 18.2 Å². The first-order chi connectivity index (χ1) is 10.1. The minimum atomic E-state index is -1.24. The van der Waals surface area contributed by atoms with Gasteiger partial charge in [-0.25, -0.2) is 14.8 Å². The van der Waals surface area contributed by atoms with Gasteiger partial charge in [0.25, 0.3) is 0 Å². The molecule has 21 heavy (non-hydrogen) atoms. The Kier molecular flexibility index (Phi) is 4.52. The van der Waals surface area contributed by atoms with Gasteiger partial charge in [0.15, 0.2) is 5.54 Å². The monoisotopic (exact) mass is 285 g/mol. The molecule has 0 bridgehead atoms. The van der Waals surface area contributed by atoms with Crippen LogP contribution in [0.5, 0.6) is 0 Å². The number of carboxylic acids is 1. The Morgan fingerprint density at radius 3 is 2.62 bits per heavy atom. The third-order valence-corrected chi connectivity index (χ3v) is 3.39. The lowest BCUT2D eigenvalue weighted by Crippen LogP contribution is -2.40. The number of carbonyl (C=O) groups is 1. The molecule has 1 aromatic heterocycles. The molecule has 0 fully saturated rings. The van der Waals surface area contributed by atoms with Gasteiger partial charge in [-0.1, -0.05) is 43.7 Å². The molecule has 2 rings (SSSR count). The fourth-order valence-electron chi connectivity index (χ4n) is 2.14. The Bertz CT molecular complexity index is 616. The number of carboxylic acid groups (broad SMARTS) is 1. The van der Waals surface area contributed by atoms with Crippen molar-refractivity contribution in [2.75, 3.05) is 5.32 Å². The van der Waals surface area contributed by atoms with Crippen molar-refractivity contribution in [3.05, 3.63) is 54.0 Å². The van der Waals surface area contributed by atoms with Crippen molar-refractivity contribution in [2.24, 2.45) is 0 Å². The largest absolute Gasteiger partial charge is 0.479 e. The molecule has 110 valence electrons. The van der Waals surface area contributed by atoms with Gasteiger partial charge in [0.1, 0.15) is 12.1 Å². The van der Waals surface area contributed by atoms with Crippen molar-refractivity contribution in [3.8, 4) is 0 Å². The van der Waals surface area contributed by atoms with Gasteiger partial charge in [0, 0.05) is 11.8 Å². The first-order valence-electron chi connectivity index (χ1n) is 6.94. The van der Waals surface area contributed by atoms with Crippen molar-refractivity contribution >= 4 is 11.8 Å². The van der Waals surface area contributed by atoms with Gasteiger partial charge in [0.05, 0.1) is 0 Å². The standard InChI is InChI=1S/C16H19N3O2/c1-3-7-13-10-14(18-11-17-13)19-16(2,15(20)21)12-8-5-4-6-9-12/h4-6,8-11H,3,7H2,1-2H3,(H,20,21)(H,17,18,19). The maximum atomic E-state index is 11.7. The molecule has 5 nitrogen and oxygen atoms in total. The van der Waals surface area contributed by atoms with E-state index in [0.29, 0.717) is 11.4 Å². The molecule has 5 heteroatoms. The molecule has 1 aromatic carbocycles. The van der Waals surface area contributed by atoms with E-state index in [1.165, 1.54) is 6.33 Å². The van der Waals surface area contributed by atoms with Crippen LogP contribution in [0.15, 0.2) is 42.7 Å². The summed E-state index contributed by atoms with van der Waals surface area (Å²) < 4.78 is 0. The zero-order chi connectivity index (χ0) is 15.3. The zero-order valence-electron chi connectivity index (χ0n) is 12.2. The normalized spacial score (nSPS) is 13.4. The van der Waals surface area contributed by atoms with Crippen LogP contribution >= 0.6 is 0 Å². The van der Waals surface area contributed by atoms with E-state index in [9.17, 15) is 9.90 Å². The van der Waals surface area contributed by atoms with E-state index in [-0.39, 0.29) is 0 Å². The molecule has 1 atom stereocenters. The van der Waals surface area contributed by atoms with Gasteiger partial charge in [-0.05, 0) is 18.9 Å². The summed E-state index contributed by atoms with van der Waals surface area (Å²) in [6.07, 6.45) is 3.28. The molecule has 0 aliphatic rings. The molecule has 0 saturated carbocycles. The van der Waals surface area contributed by atoms with E-state index in [4.69, 9.17) is 0 Å². The average Bonchev–Trinajstić information content (AvgIpc) is 2.48. The van der Waals surface area contributed by atoms with Gasteiger partial charge < -0.3 is 10.4 Å². The van der Waals surface area contributed by atoms with Crippen LogP contribution in [0.25, 0.3) is 0 Å². The van der Waals surface area contributed by atoms with Gasteiger partial charge in [-0.15, -0.1) is 0 Å². The zero-order valence-corrected chi connectivity index (χ0v) is 12.2. The quantitative estimate of drug-likeness (QED) is 0.853. The topological polar surface area (TPSA) is 75.1 Å². The smallest absolute Gasteiger partial charge is 0.333 e. The van der Waals surface area contributed by atoms with Crippen LogP contribution in [0.1, 0.15) is 31.5 Å². The Labute approximate surface area is 124 Å². The summed E-state index contributed by atoms with van der Waals surface area (Å²) in [7, 11) is 0. The second-order valence-electron chi connectivity index (χ2n) is 5.07. The number of hydrogen-bond donors (Lipinski definition) is 2. The highest BCUT2D eigenvalue weighted by Crippen LogP contribution is 2.25. The number of rotatable bonds is 6. The van der Waals surface area contributed by atoms with Crippen molar-refractivity contribution in [3.63, 3.8) is 0 Å². The van der Waals surface area contributed by atoms with Crippen molar-refractivity contribution < 1.29 is 9.90 Å². The number of benzene rings is 1. The molecular weight excluding hydrogens is 266 g/mol. The highest BCUT2D eigenvalue weighted by atomic mass is 16.4. The Morgan fingerprint density at radius 2 is 2.00 bits per heavy atom. The third kappa shape index (κ3) is 3.37. The summed E-state index contributed by atoms with van der Waals surface area (Å²) in [5.41, 5.74) is 0.336. The predicted molar refractivity (Wildman–Crippen MR) is 81.1 cm³/mol. The maximum Gasteiger partial charge on any atom is 0.333 e. The third-order valence-electron chi connectivity index (χ3n) is 3.39. The molecule has 0 amide bonds. The van der Waals surface area contributed by atoms with Gasteiger partial charge in [0.2, 0.25) is 0 Å². The molecule has 2 N–H and O–H groups in total. The molecular formula is C16H19N3O2. The van der Waals surface area contributed by atoms with Crippen LogP contribution in [0.4, 0.5) is 5.82 Å². The highest BCUT2D eigenvalue weighted by Gasteiger charge is 2.35. The number of anilines is 1. The second kappa shape index (κ2) is 6.35. The van der Waals surface area contributed by atoms with Crippen molar-refractivity contribution in [1.82, 2.24) is 9.97 Å². The second-order valence-corrected chi connectivity index (χ2v) is 5.07. The number of aryl methyl sites for hydroxylation is 1. The number of nitrogens with zero attached hydrogens (tertiary/aromatic N) is 2. The van der Waals surface area contributed by atoms with Crippen LogP contribution < -0.4 is 5.32 Å². The SMILES string of the molecule is CCCc1cc(NC(C)(C(=O)O)c2ccccc2)ncn1.